The largest absolute Gasteiger partial charge is 0.399 e. The summed E-state index contributed by atoms with van der Waals surface area (Å²) in [4.78, 5) is 12.9. The molecule has 0 aliphatic heterocycles. The summed E-state index contributed by atoms with van der Waals surface area (Å²) in [6, 6.07) is 7.54. The molecule has 1 aromatic heterocycles. The molecule has 1 amide bonds. The quantitative estimate of drug-likeness (QED) is 0.833. The van der Waals surface area contributed by atoms with E-state index in [1.807, 2.05) is 45.0 Å². The fourth-order valence-electron chi connectivity index (χ4n) is 2.00. The van der Waals surface area contributed by atoms with E-state index >= 15 is 0 Å². The van der Waals surface area contributed by atoms with Gasteiger partial charge in [-0.05, 0) is 50.4 Å². The van der Waals surface area contributed by atoms with Crippen LogP contribution in [0.5, 0.6) is 0 Å². The Morgan fingerprint density at radius 3 is 2.85 bits per heavy atom. The van der Waals surface area contributed by atoms with Gasteiger partial charge in [0.15, 0.2) is 0 Å². The summed E-state index contributed by atoms with van der Waals surface area (Å²) in [7, 11) is 0. The van der Waals surface area contributed by atoms with E-state index in [0.717, 1.165) is 10.1 Å². The van der Waals surface area contributed by atoms with Crippen molar-refractivity contribution in [3.05, 3.63) is 29.1 Å². The smallest absolute Gasteiger partial charge is 0.261 e. The first-order valence-electron chi connectivity index (χ1n) is 6.62. The highest BCUT2D eigenvalue weighted by molar-refractivity contribution is 7.20. The highest BCUT2D eigenvalue weighted by Gasteiger charge is 2.19. The van der Waals surface area contributed by atoms with Crippen LogP contribution in [0.15, 0.2) is 24.3 Å². The molecular formula is C15H20N2O2S. The maximum atomic E-state index is 12.2. The summed E-state index contributed by atoms with van der Waals surface area (Å²) in [5.74, 6) is -0.0717. The number of carbonyl (C=O) groups is 1. The molecule has 0 spiro atoms. The number of nitrogens with two attached hydrogens (primary N) is 1. The van der Waals surface area contributed by atoms with Crippen LogP contribution in [0.3, 0.4) is 0 Å². The van der Waals surface area contributed by atoms with Crippen LogP contribution in [0.1, 0.15) is 30.4 Å². The molecule has 0 aliphatic rings. The second-order valence-electron chi connectivity index (χ2n) is 5.28. The van der Waals surface area contributed by atoms with E-state index in [-0.39, 0.29) is 11.5 Å². The van der Waals surface area contributed by atoms with Crippen LogP contribution in [0.2, 0.25) is 0 Å². The summed E-state index contributed by atoms with van der Waals surface area (Å²) < 4.78 is 6.63. The maximum absolute atomic E-state index is 12.2. The predicted octanol–water partition coefficient (Wildman–Crippen LogP) is 3.03. The van der Waals surface area contributed by atoms with Gasteiger partial charge in [-0.2, -0.15) is 0 Å². The van der Waals surface area contributed by atoms with Gasteiger partial charge in [0.1, 0.15) is 0 Å². The number of amides is 1. The molecule has 4 nitrogen and oxygen atoms in total. The van der Waals surface area contributed by atoms with Crippen LogP contribution >= 0.6 is 11.3 Å². The van der Waals surface area contributed by atoms with Crippen LogP contribution in [0.25, 0.3) is 10.1 Å². The molecule has 5 heteroatoms. The summed E-state index contributed by atoms with van der Waals surface area (Å²) >= 11 is 1.47. The van der Waals surface area contributed by atoms with Crippen molar-refractivity contribution < 1.29 is 9.53 Å². The van der Waals surface area contributed by atoms with E-state index in [1.165, 1.54) is 11.3 Å². The Balaban J connectivity index is 2.08. The number of fused-ring (bicyclic) bond motifs is 1. The molecule has 3 N–H and O–H groups in total. The van der Waals surface area contributed by atoms with Crippen molar-refractivity contribution >= 4 is 33.0 Å². The molecule has 1 heterocycles. The van der Waals surface area contributed by atoms with Crippen molar-refractivity contribution in [3.63, 3.8) is 0 Å². The third kappa shape index (κ3) is 3.49. The lowest BCUT2D eigenvalue weighted by atomic mass is 10.1. The van der Waals surface area contributed by atoms with E-state index in [0.29, 0.717) is 23.7 Å². The monoisotopic (exact) mass is 292 g/mol. The number of nitrogen functional groups attached to an aromatic ring is 1. The van der Waals surface area contributed by atoms with Gasteiger partial charge in [0, 0.05) is 23.5 Å². The molecule has 0 radical (unpaired) electrons. The molecule has 108 valence electrons. The molecule has 0 aliphatic carbocycles. The average Bonchev–Trinajstić information content (AvgIpc) is 2.79. The van der Waals surface area contributed by atoms with Gasteiger partial charge in [-0.1, -0.05) is 0 Å². The van der Waals surface area contributed by atoms with Gasteiger partial charge in [-0.15, -0.1) is 11.3 Å². The van der Waals surface area contributed by atoms with Crippen molar-refractivity contribution in [2.45, 2.75) is 26.4 Å². The minimum atomic E-state index is -0.356. The Hall–Kier alpha value is -1.59. The molecule has 0 unspecified atom stereocenters. The van der Waals surface area contributed by atoms with Crippen LogP contribution < -0.4 is 11.1 Å². The van der Waals surface area contributed by atoms with E-state index in [2.05, 4.69) is 5.32 Å². The molecule has 2 rings (SSSR count). The van der Waals surface area contributed by atoms with Gasteiger partial charge < -0.3 is 15.8 Å². The summed E-state index contributed by atoms with van der Waals surface area (Å²) in [6.45, 7) is 6.98. The van der Waals surface area contributed by atoms with Gasteiger partial charge in [-0.3, -0.25) is 4.79 Å². The van der Waals surface area contributed by atoms with E-state index in [4.69, 9.17) is 10.5 Å². The molecule has 2 aromatic rings. The summed E-state index contributed by atoms with van der Waals surface area (Å²) in [5.41, 5.74) is 6.10. The number of benzene rings is 1. The molecule has 1 aromatic carbocycles. The van der Waals surface area contributed by atoms with E-state index in [9.17, 15) is 4.79 Å². The first-order valence-corrected chi connectivity index (χ1v) is 7.44. The molecule has 0 saturated heterocycles. The zero-order valence-electron chi connectivity index (χ0n) is 12.0. The van der Waals surface area contributed by atoms with Crippen molar-refractivity contribution in [2.24, 2.45) is 0 Å². The Kier molecular flexibility index (Phi) is 4.30. The summed E-state index contributed by atoms with van der Waals surface area (Å²) in [6.07, 6.45) is 0. The fourth-order valence-corrected chi connectivity index (χ4v) is 2.96. The van der Waals surface area contributed by atoms with E-state index in [1.54, 1.807) is 0 Å². The topological polar surface area (TPSA) is 64.3 Å². The molecule has 0 fully saturated rings. The summed E-state index contributed by atoms with van der Waals surface area (Å²) in [5, 5.41) is 3.92. The standard InChI is InChI=1S/C15H20N2O2S/c1-4-19-15(2,3)9-17-14(18)13-8-10-7-11(16)5-6-12(10)20-13/h5-8H,4,9,16H2,1-3H3,(H,17,18). The second kappa shape index (κ2) is 5.81. The lowest BCUT2D eigenvalue weighted by Gasteiger charge is -2.24. The Morgan fingerprint density at radius 1 is 1.40 bits per heavy atom. The third-order valence-corrected chi connectivity index (χ3v) is 4.09. The highest BCUT2D eigenvalue weighted by atomic mass is 32.1. The van der Waals surface area contributed by atoms with E-state index < -0.39 is 0 Å². The highest BCUT2D eigenvalue weighted by Crippen LogP contribution is 2.27. The number of carbonyl (C=O) groups excluding carboxylic acids is 1. The van der Waals surface area contributed by atoms with Crippen LogP contribution in [-0.2, 0) is 4.74 Å². The third-order valence-electron chi connectivity index (χ3n) is 2.97. The van der Waals surface area contributed by atoms with Crippen molar-refractivity contribution in [3.8, 4) is 0 Å². The van der Waals surface area contributed by atoms with Crippen molar-refractivity contribution in [2.75, 3.05) is 18.9 Å². The minimum Gasteiger partial charge on any atom is -0.399 e. The lowest BCUT2D eigenvalue weighted by molar-refractivity contribution is -0.00812. The molecule has 0 bridgehead atoms. The fraction of sp³-hybridized carbons (Fsp3) is 0.400. The number of hydrogen-bond acceptors (Lipinski definition) is 4. The molecule has 0 saturated carbocycles. The number of hydrogen-bond donors (Lipinski definition) is 2. The van der Waals surface area contributed by atoms with Gasteiger partial charge in [-0.25, -0.2) is 0 Å². The van der Waals surface area contributed by atoms with Crippen molar-refractivity contribution in [1.82, 2.24) is 5.32 Å². The van der Waals surface area contributed by atoms with Crippen LogP contribution in [0.4, 0.5) is 5.69 Å². The Morgan fingerprint density at radius 2 is 2.15 bits per heavy atom. The number of anilines is 1. The lowest BCUT2D eigenvalue weighted by Crippen LogP contribution is -2.40. The van der Waals surface area contributed by atoms with Gasteiger partial charge in [0.05, 0.1) is 10.5 Å². The Bertz CT molecular complexity index is 619. The normalized spacial score (nSPS) is 11.8. The first kappa shape index (κ1) is 14.8. The Labute approximate surface area is 122 Å². The second-order valence-corrected chi connectivity index (χ2v) is 6.37. The minimum absolute atomic E-state index is 0.0717. The average molecular weight is 292 g/mol. The van der Waals surface area contributed by atoms with Gasteiger partial charge >= 0.3 is 0 Å². The molecule has 20 heavy (non-hydrogen) atoms. The number of rotatable bonds is 5. The molecular weight excluding hydrogens is 272 g/mol. The first-order chi connectivity index (χ1) is 9.41. The van der Waals surface area contributed by atoms with Crippen LogP contribution in [0, 0.1) is 0 Å². The van der Waals surface area contributed by atoms with Crippen molar-refractivity contribution in [1.29, 1.82) is 0 Å². The number of ether oxygens (including phenoxy) is 1. The van der Waals surface area contributed by atoms with Gasteiger partial charge in [0.25, 0.3) is 5.91 Å². The number of thiophene rings is 1. The number of nitrogens with one attached hydrogen (secondary N) is 1. The zero-order valence-corrected chi connectivity index (χ0v) is 12.8. The van der Waals surface area contributed by atoms with Gasteiger partial charge in [0.2, 0.25) is 0 Å². The zero-order chi connectivity index (χ0) is 14.8. The predicted molar refractivity (Wildman–Crippen MR) is 84.3 cm³/mol. The SMILES string of the molecule is CCOC(C)(C)CNC(=O)c1cc2cc(N)ccc2s1. The maximum Gasteiger partial charge on any atom is 0.261 e. The molecule has 0 atom stereocenters. The van der Waals surface area contributed by atoms with Crippen LogP contribution in [-0.4, -0.2) is 24.7 Å².